The Hall–Kier alpha value is -2.92. The molecule has 0 radical (unpaired) electrons. The summed E-state index contributed by atoms with van der Waals surface area (Å²) in [4.78, 5) is 17.2. The summed E-state index contributed by atoms with van der Waals surface area (Å²) in [5.41, 5.74) is 3.92. The number of rotatable bonds is 5. The molecule has 4 nitrogen and oxygen atoms in total. The number of carbonyl (C=O) groups is 1. The smallest absolute Gasteiger partial charge is 0.273 e. The number of nitrogens with zero attached hydrogens (tertiary/aromatic N) is 2. The summed E-state index contributed by atoms with van der Waals surface area (Å²) < 4.78 is 3.23. The summed E-state index contributed by atoms with van der Waals surface area (Å²) >= 11 is 1.65. The number of carbonyl (C=O) groups excluding carboxylic acids is 1. The average molecular weight is 361 g/mol. The fourth-order valence-electron chi connectivity index (χ4n) is 3.08. The van der Waals surface area contributed by atoms with Gasteiger partial charge in [-0.05, 0) is 48.6 Å². The molecule has 5 heteroatoms. The van der Waals surface area contributed by atoms with E-state index in [4.69, 9.17) is 0 Å². The number of nitrogens with one attached hydrogen (secondary N) is 1. The standard InChI is InChI=1S/C21H19N3OS/c1-15-6-5-9-20(22-15)23-21(25)18-14-19-17(11-13-26-19)24(18)12-10-16-7-3-2-4-8-16/h2-9,11,13-14H,10,12H2,1H3,(H,22,23,25). The Morgan fingerprint density at radius 2 is 1.96 bits per heavy atom. The van der Waals surface area contributed by atoms with Gasteiger partial charge in [-0.2, -0.15) is 0 Å². The first-order valence-electron chi connectivity index (χ1n) is 8.56. The monoisotopic (exact) mass is 361 g/mol. The quantitative estimate of drug-likeness (QED) is 0.549. The van der Waals surface area contributed by atoms with Gasteiger partial charge in [0.05, 0.1) is 10.2 Å². The summed E-state index contributed by atoms with van der Waals surface area (Å²) in [6, 6.07) is 20.0. The molecule has 3 heterocycles. The minimum absolute atomic E-state index is 0.125. The van der Waals surface area contributed by atoms with E-state index in [9.17, 15) is 4.79 Å². The second-order valence-corrected chi connectivity index (χ2v) is 7.15. The van der Waals surface area contributed by atoms with Crippen LogP contribution in [0.5, 0.6) is 0 Å². The van der Waals surface area contributed by atoms with E-state index in [0.717, 1.165) is 28.9 Å². The maximum absolute atomic E-state index is 12.9. The number of aryl methyl sites for hydroxylation is 3. The molecule has 0 aliphatic rings. The third-order valence-electron chi connectivity index (χ3n) is 4.35. The van der Waals surface area contributed by atoms with Gasteiger partial charge in [0.1, 0.15) is 11.5 Å². The molecule has 0 saturated carbocycles. The number of amides is 1. The molecule has 4 aromatic rings. The Balaban J connectivity index is 1.62. The van der Waals surface area contributed by atoms with Crippen LogP contribution in [0.2, 0.25) is 0 Å². The van der Waals surface area contributed by atoms with Gasteiger partial charge in [0.15, 0.2) is 0 Å². The summed E-state index contributed by atoms with van der Waals surface area (Å²) in [6.07, 6.45) is 0.878. The molecule has 26 heavy (non-hydrogen) atoms. The number of hydrogen-bond donors (Lipinski definition) is 1. The van der Waals surface area contributed by atoms with Crippen LogP contribution in [0.3, 0.4) is 0 Å². The second kappa shape index (κ2) is 7.14. The van der Waals surface area contributed by atoms with Crippen LogP contribution in [0.15, 0.2) is 66.0 Å². The van der Waals surface area contributed by atoms with Crippen LogP contribution in [0, 0.1) is 6.92 Å². The van der Waals surface area contributed by atoms with Crippen molar-refractivity contribution in [1.82, 2.24) is 9.55 Å². The molecular weight excluding hydrogens is 342 g/mol. The zero-order chi connectivity index (χ0) is 17.9. The third kappa shape index (κ3) is 3.39. The van der Waals surface area contributed by atoms with E-state index in [-0.39, 0.29) is 5.91 Å². The Labute approximate surface area is 156 Å². The lowest BCUT2D eigenvalue weighted by Gasteiger charge is -2.11. The fraction of sp³-hybridized carbons (Fsp3) is 0.143. The first-order valence-corrected chi connectivity index (χ1v) is 9.44. The number of aromatic nitrogens is 2. The van der Waals surface area contributed by atoms with Crippen LogP contribution in [-0.2, 0) is 13.0 Å². The summed E-state index contributed by atoms with van der Waals surface area (Å²) in [7, 11) is 0. The van der Waals surface area contributed by atoms with E-state index in [2.05, 4.69) is 38.4 Å². The maximum atomic E-state index is 12.9. The molecule has 4 rings (SSSR count). The van der Waals surface area contributed by atoms with Crippen molar-refractivity contribution in [3.8, 4) is 0 Å². The first kappa shape index (κ1) is 16.5. The Morgan fingerprint density at radius 3 is 2.77 bits per heavy atom. The molecule has 0 spiro atoms. The predicted octanol–water partition coefficient (Wildman–Crippen LogP) is 4.90. The van der Waals surface area contributed by atoms with Gasteiger partial charge < -0.3 is 9.88 Å². The SMILES string of the molecule is Cc1cccc(NC(=O)c2cc3sccc3n2CCc2ccccc2)n1. The molecule has 0 aliphatic heterocycles. The lowest BCUT2D eigenvalue weighted by molar-refractivity contribution is 0.101. The van der Waals surface area contributed by atoms with Gasteiger partial charge >= 0.3 is 0 Å². The number of thiophene rings is 1. The summed E-state index contributed by atoms with van der Waals surface area (Å²) in [6.45, 7) is 2.67. The zero-order valence-electron chi connectivity index (χ0n) is 14.5. The molecule has 0 fully saturated rings. The number of hydrogen-bond acceptors (Lipinski definition) is 3. The largest absolute Gasteiger partial charge is 0.335 e. The van der Waals surface area contributed by atoms with E-state index in [1.165, 1.54) is 5.56 Å². The highest BCUT2D eigenvalue weighted by molar-refractivity contribution is 7.17. The molecule has 130 valence electrons. The van der Waals surface area contributed by atoms with Gasteiger partial charge in [-0.3, -0.25) is 4.79 Å². The predicted molar refractivity (Wildman–Crippen MR) is 107 cm³/mol. The summed E-state index contributed by atoms with van der Waals surface area (Å²) in [5.74, 6) is 0.453. The van der Waals surface area contributed by atoms with Crippen molar-refractivity contribution < 1.29 is 4.79 Å². The average Bonchev–Trinajstić information content (AvgIpc) is 3.22. The Kier molecular flexibility index (Phi) is 4.54. The molecule has 0 aliphatic carbocycles. The van der Waals surface area contributed by atoms with Gasteiger partial charge in [0, 0.05) is 12.2 Å². The summed E-state index contributed by atoms with van der Waals surface area (Å²) in [5, 5.41) is 4.99. The lowest BCUT2D eigenvalue weighted by Crippen LogP contribution is -2.18. The van der Waals surface area contributed by atoms with Crippen LogP contribution in [0.1, 0.15) is 21.7 Å². The van der Waals surface area contributed by atoms with Gasteiger partial charge in [0.25, 0.3) is 5.91 Å². The van der Waals surface area contributed by atoms with E-state index in [1.54, 1.807) is 11.3 Å². The van der Waals surface area contributed by atoms with Crippen LogP contribution in [0.25, 0.3) is 10.2 Å². The van der Waals surface area contributed by atoms with Crippen molar-refractivity contribution >= 4 is 33.3 Å². The zero-order valence-corrected chi connectivity index (χ0v) is 15.3. The Bertz CT molecular complexity index is 1050. The molecule has 0 saturated heterocycles. The van der Waals surface area contributed by atoms with Crippen molar-refractivity contribution in [3.63, 3.8) is 0 Å². The molecule has 0 bridgehead atoms. The first-order chi connectivity index (χ1) is 12.7. The molecule has 1 N–H and O–H groups in total. The minimum atomic E-state index is -0.125. The molecular formula is C21H19N3OS. The molecule has 3 aromatic heterocycles. The van der Waals surface area contributed by atoms with Crippen molar-refractivity contribution in [3.05, 3.63) is 83.0 Å². The normalized spacial score (nSPS) is 11.0. The third-order valence-corrected chi connectivity index (χ3v) is 5.21. The second-order valence-electron chi connectivity index (χ2n) is 6.21. The van der Waals surface area contributed by atoms with Gasteiger partial charge in [-0.25, -0.2) is 4.98 Å². The van der Waals surface area contributed by atoms with Crippen LogP contribution in [0.4, 0.5) is 5.82 Å². The molecule has 0 unspecified atom stereocenters. The van der Waals surface area contributed by atoms with Gasteiger partial charge in [0.2, 0.25) is 0 Å². The van der Waals surface area contributed by atoms with Crippen LogP contribution in [-0.4, -0.2) is 15.5 Å². The fourth-order valence-corrected chi connectivity index (χ4v) is 3.91. The number of fused-ring (bicyclic) bond motifs is 1. The van der Waals surface area contributed by atoms with Crippen molar-refractivity contribution in [2.45, 2.75) is 19.9 Å². The van der Waals surface area contributed by atoms with E-state index >= 15 is 0 Å². The lowest BCUT2D eigenvalue weighted by atomic mass is 10.1. The number of pyridine rings is 1. The molecule has 1 aromatic carbocycles. The van der Waals surface area contributed by atoms with Crippen LogP contribution >= 0.6 is 11.3 Å². The van der Waals surface area contributed by atoms with Crippen molar-refractivity contribution in [2.75, 3.05) is 5.32 Å². The van der Waals surface area contributed by atoms with E-state index in [1.807, 2.05) is 49.4 Å². The number of anilines is 1. The number of benzene rings is 1. The highest BCUT2D eigenvalue weighted by Crippen LogP contribution is 2.26. The van der Waals surface area contributed by atoms with Gasteiger partial charge in [-0.15, -0.1) is 11.3 Å². The van der Waals surface area contributed by atoms with Crippen molar-refractivity contribution in [1.29, 1.82) is 0 Å². The molecule has 0 atom stereocenters. The highest BCUT2D eigenvalue weighted by Gasteiger charge is 2.17. The topological polar surface area (TPSA) is 46.9 Å². The van der Waals surface area contributed by atoms with Crippen molar-refractivity contribution in [2.24, 2.45) is 0 Å². The minimum Gasteiger partial charge on any atom is -0.335 e. The van der Waals surface area contributed by atoms with E-state index in [0.29, 0.717) is 11.5 Å². The molecule has 1 amide bonds. The highest BCUT2D eigenvalue weighted by atomic mass is 32.1. The van der Waals surface area contributed by atoms with Gasteiger partial charge in [-0.1, -0.05) is 36.4 Å². The maximum Gasteiger partial charge on any atom is 0.273 e. The Morgan fingerprint density at radius 1 is 1.12 bits per heavy atom. The van der Waals surface area contributed by atoms with Crippen LogP contribution < -0.4 is 5.32 Å². The van der Waals surface area contributed by atoms with E-state index < -0.39 is 0 Å².